The zero-order valence-corrected chi connectivity index (χ0v) is 16.2. The number of nitrogens with one attached hydrogen (secondary N) is 2. The summed E-state index contributed by atoms with van der Waals surface area (Å²) in [5, 5.41) is 4.51. The van der Waals surface area contributed by atoms with Crippen LogP contribution < -0.4 is 10.6 Å². The van der Waals surface area contributed by atoms with Crippen molar-refractivity contribution in [1.29, 1.82) is 0 Å². The van der Waals surface area contributed by atoms with E-state index in [0.717, 1.165) is 39.9 Å². The Morgan fingerprint density at radius 2 is 2.07 bits per heavy atom. The molecule has 1 aliphatic heterocycles. The molecule has 1 saturated heterocycles. The van der Waals surface area contributed by atoms with Gasteiger partial charge in [0.15, 0.2) is 10.3 Å². The molecule has 0 unspecified atom stereocenters. The highest BCUT2D eigenvalue weighted by Crippen LogP contribution is 2.31. The van der Waals surface area contributed by atoms with E-state index in [4.69, 9.17) is 0 Å². The molecule has 1 aromatic heterocycles. The van der Waals surface area contributed by atoms with E-state index in [0.29, 0.717) is 14.9 Å². The second-order valence-corrected chi connectivity index (χ2v) is 7.88. The molecule has 0 atom stereocenters. The number of rotatable bonds is 3. The summed E-state index contributed by atoms with van der Waals surface area (Å²) in [5.41, 5.74) is 2.79. The Morgan fingerprint density at radius 1 is 1.32 bits per heavy atom. The predicted molar refractivity (Wildman–Crippen MR) is 104 cm³/mol. The third-order valence-corrected chi connectivity index (χ3v) is 5.27. The summed E-state index contributed by atoms with van der Waals surface area (Å²) in [6.45, 7) is 3.88. The number of thiazole rings is 1. The van der Waals surface area contributed by atoms with Gasteiger partial charge in [-0.15, -0.1) is 0 Å². The van der Waals surface area contributed by atoms with Crippen LogP contribution in [0.3, 0.4) is 0 Å². The van der Waals surface area contributed by atoms with E-state index in [1.165, 1.54) is 12.3 Å². The smallest absolute Gasteiger partial charge is 0.300 e. The van der Waals surface area contributed by atoms with Crippen molar-refractivity contribution in [2.24, 2.45) is 4.99 Å². The lowest BCUT2D eigenvalue weighted by atomic mass is 10.1. The van der Waals surface area contributed by atoms with Gasteiger partial charge < -0.3 is 5.32 Å². The van der Waals surface area contributed by atoms with Crippen LogP contribution in [0, 0.1) is 13.8 Å². The van der Waals surface area contributed by atoms with E-state index in [1.807, 2.05) is 32.0 Å². The van der Waals surface area contributed by atoms with Crippen molar-refractivity contribution in [1.82, 2.24) is 10.3 Å². The van der Waals surface area contributed by atoms with Crippen molar-refractivity contribution in [2.45, 2.75) is 20.0 Å². The fourth-order valence-corrected chi connectivity index (χ4v) is 3.88. The van der Waals surface area contributed by atoms with Gasteiger partial charge in [0.25, 0.3) is 5.91 Å². The number of benzene rings is 1. The highest BCUT2D eigenvalue weighted by molar-refractivity contribution is 8.18. The third kappa shape index (κ3) is 4.78. The lowest BCUT2D eigenvalue weighted by Crippen LogP contribution is -2.29. The SMILES string of the molecule is Cc1ccc(N=C2NC(=O)C(=Cc3cnc(NC(=O)C(F)(F)F)s3)S2)c(C)c1. The highest BCUT2D eigenvalue weighted by atomic mass is 32.2. The standard InChI is InChI=1S/C17H13F3N4O2S2/c1-8-3-4-11(9(2)5-8)22-16-23-13(25)12(28-16)6-10-7-21-15(27-10)24-14(26)17(18,19)20/h3-7H,1-2H3,(H,21,24,26)(H,22,23,25). The van der Waals surface area contributed by atoms with Crippen molar-refractivity contribution in [2.75, 3.05) is 5.32 Å². The van der Waals surface area contributed by atoms with Crippen LogP contribution >= 0.6 is 23.1 Å². The number of hydrogen-bond donors (Lipinski definition) is 2. The number of aromatic nitrogens is 1. The molecule has 146 valence electrons. The lowest BCUT2D eigenvalue weighted by Gasteiger charge is -2.03. The minimum absolute atomic E-state index is 0.207. The van der Waals surface area contributed by atoms with Crippen LogP contribution in [0.1, 0.15) is 16.0 Å². The second-order valence-electron chi connectivity index (χ2n) is 5.79. The first-order valence-electron chi connectivity index (χ1n) is 7.82. The molecule has 2 aromatic rings. The molecule has 1 aliphatic rings. The topological polar surface area (TPSA) is 83.4 Å². The van der Waals surface area contributed by atoms with Crippen molar-refractivity contribution in [3.63, 3.8) is 0 Å². The largest absolute Gasteiger partial charge is 0.471 e. The molecule has 2 N–H and O–H groups in total. The normalized spacial score (nSPS) is 17.2. The second kappa shape index (κ2) is 7.76. The maximum absolute atomic E-state index is 12.3. The van der Waals surface area contributed by atoms with Crippen molar-refractivity contribution < 1.29 is 22.8 Å². The molecular formula is C17H13F3N4O2S2. The predicted octanol–water partition coefficient (Wildman–Crippen LogP) is 4.15. The van der Waals surface area contributed by atoms with Crippen LogP contribution in [-0.4, -0.2) is 28.1 Å². The van der Waals surface area contributed by atoms with Crippen molar-refractivity contribution >= 4 is 57.0 Å². The highest BCUT2D eigenvalue weighted by Gasteiger charge is 2.39. The number of carbonyl (C=O) groups excluding carboxylic acids is 2. The summed E-state index contributed by atoms with van der Waals surface area (Å²) < 4.78 is 36.8. The van der Waals surface area contributed by atoms with E-state index >= 15 is 0 Å². The Labute approximate surface area is 166 Å². The Balaban J connectivity index is 1.74. The van der Waals surface area contributed by atoms with Gasteiger partial charge in [0.2, 0.25) is 0 Å². The average molecular weight is 426 g/mol. The third-order valence-electron chi connectivity index (χ3n) is 3.50. The van der Waals surface area contributed by atoms with E-state index in [2.05, 4.69) is 15.3 Å². The van der Waals surface area contributed by atoms with Gasteiger partial charge in [-0.2, -0.15) is 13.2 Å². The van der Waals surface area contributed by atoms with E-state index in [9.17, 15) is 22.8 Å². The van der Waals surface area contributed by atoms with Gasteiger partial charge in [-0.3, -0.25) is 14.9 Å². The number of anilines is 1. The van der Waals surface area contributed by atoms with Gasteiger partial charge in [0.05, 0.1) is 15.5 Å². The Kier molecular flexibility index (Phi) is 5.57. The number of thioether (sulfide) groups is 1. The van der Waals surface area contributed by atoms with Gasteiger partial charge in [-0.05, 0) is 43.3 Å². The molecule has 1 aromatic carbocycles. The van der Waals surface area contributed by atoms with Gasteiger partial charge in [0.1, 0.15) is 0 Å². The molecule has 0 saturated carbocycles. The number of halogens is 3. The minimum Gasteiger partial charge on any atom is -0.300 e. The van der Waals surface area contributed by atoms with Crippen LogP contribution in [0.2, 0.25) is 0 Å². The first-order valence-corrected chi connectivity index (χ1v) is 9.46. The fourth-order valence-electron chi connectivity index (χ4n) is 2.23. The van der Waals surface area contributed by atoms with Crippen LogP contribution in [-0.2, 0) is 9.59 Å². The number of aryl methyl sites for hydroxylation is 2. The molecule has 28 heavy (non-hydrogen) atoms. The molecule has 3 rings (SSSR count). The minimum atomic E-state index is -5.00. The van der Waals surface area contributed by atoms with Crippen LogP contribution in [0.15, 0.2) is 34.3 Å². The molecule has 0 radical (unpaired) electrons. The monoisotopic (exact) mass is 426 g/mol. The first-order chi connectivity index (χ1) is 13.1. The molecule has 2 amide bonds. The van der Waals surface area contributed by atoms with Gasteiger partial charge >= 0.3 is 12.1 Å². The number of hydrogen-bond acceptors (Lipinski definition) is 6. The zero-order valence-electron chi connectivity index (χ0n) is 14.5. The maximum atomic E-state index is 12.3. The first kappa shape index (κ1) is 20.1. The summed E-state index contributed by atoms with van der Waals surface area (Å²) in [6, 6.07) is 5.75. The lowest BCUT2D eigenvalue weighted by molar-refractivity contribution is -0.167. The Hall–Kier alpha value is -2.66. The fraction of sp³-hybridized carbons (Fsp3) is 0.176. The van der Waals surface area contributed by atoms with E-state index in [-0.39, 0.29) is 11.0 Å². The number of amides is 2. The molecule has 6 nitrogen and oxygen atoms in total. The maximum Gasteiger partial charge on any atom is 0.471 e. The molecule has 2 heterocycles. The van der Waals surface area contributed by atoms with Gasteiger partial charge in [-0.25, -0.2) is 9.98 Å². The summed E-state index contributed by atoms with van der Waals surface area (Å²) in [7, 11) is 0. The van der Waals surface area contributed by atoms with Gasteiger partial charge in [-0.1, -0.05) is 29.0 Å². The number of amidine groups is 1. The summed E-state index contributed by atoms with van der Waals surface area (Å²) in [6.07, 6.45) is -2.24. The number of nitrogens with zero attached hydrogens (tertiary/aromatic N) is 2. The molecule has 0 aliphatic carbocycles. The van der Waals surface area contributed by atoms with E-state index < -0.39 is 12.1 Å². The number of carbonyl (C=O) groups is 2. The molecular weight excluding hydrogens is 413 g/mol. The zero-order chi connectivity index (χ0) is 20.5. The van der Waals surface area contributed by atoms with Crippen LogP contribution in [0.5, 0.6) is 0 Å². The van der Waals surface area contributed by atoms with E-state index in [1.54, 1.807) is 5.32 Å². The van der Waals surface area contributed by atoms with Gasteiger partial charge in [0, 0.05) is 6.20 Å². The molecule has 11 heteroatoms. The average Bonchev–Trinajstić information content (AvgIpc) is 3.16. The summed E-state index contributed by atoms with van der Waals surface area (Å²) >= 11 is 1.93. The number of aliphatic imine (C=N–C) groups is 1. The van der Waals surface area contributed by atoms with Crippen LogP contribution in [0.25, 0.3) is 6.08 Å². The summed E-state index contributed by atoms with van der Waals surface area (Å²) in [5.74, 6) is -2.47. The van der Waals surface area contributed by atoms with Crippen molar-refractivity contribution in [3.8, 4) is 0 Å². The quantitative estimate of drug-likeness (QED) is 0.723. The Morgan fingerprint density at radius 3 is 2.75 bits per heavy atom. The molecule has 1 fully saturated rings. The van der Waals surface area contributed by atoms with Crippen molar-refractivity contribution in [3.05, 3.63) is 45.3 Å². The van der Waals surface area contributed by atoms with Crippen LogP contribution in [0.4, 0.5) is 24.0 Å². The molecule has 0 bridgehead atoms. The summed E-state index contributed by atoms with van der Waals surface area (Å²) in [4.78, 5) is 31.9. The number of alkyl halides is 3. The molecule has 0 spiro atoms. The Bertz CT molecular complexity index is 1010.